The van der Waals surface area contributed by atoms with Crippen molar-refractivity contribution in [1.29, 1.82) is 0 Å². The number of pyridine rings is 1. The number of nitrogens with one attached hydrogen (secondary N) is 1. The van der Waals surface area contributed by atoms with Crippen molar-refractivity contribution < 1.29 is 19.1 Å². The molecule has 0 bridgehead atoms. The Labute approximate surface area is 177 Å². The Morgan fingerprint density at radius 1 is 1.03 bits per heavy atom. The topological polar surface area (TPSA) is 88.6 Å². The number of rotatable bonds is 6. The van der Waals surface area contributed by atoms with E-state index < -0.39 is 0 Å². The Bertz CT molecular complexity index is 1050. The number of aromatic nitrogens is 1. The van der Waals surface area contributed by atoms with Crippen LogP contribution in [-0.2, 0) is 11.3 Å². The van der Waals surface area contributed by atoms with Crippen LogP contribution in [0.1, 0.15) is 15.9 Å². The number of carbonyl (C=O) groups is 3. The highest BCUT2D eigenvalue weighted by atomic mass is 32.2. The molecule has 2 heterocycles. The zero-order valence-corrected chi connectivity index (χ0v) is 16.6. The summed E-state index contributed by atoms with van der Waals surface area (Å²) in [5.41, 5.74) is 1.92. The Morgan fingerprint density at radius 3 is 2.43 bits per heavy atom. The predicted octanol–water partition coefficient (Wildman–Crippen LogP) is 4.32. The minimum absolute atomic E-state index is 0.182. The summed E-state index contributed by atoms with van der Waals surface area (Å²) in [5, 5.41) is 2.60. The second-order valence-electron chi connectivity index (χ2n) is 6.50. The van der Waals surface area contributed by atoms with E-state index in [1.807, 2.05) is 0 Å². The van der Waals surface area contributed by atoms with E-state index in [0.29, 0.717) is 22.7 Å². The highest BCUT2D eigenvalue weighted by Crippen LogP contribution is 2.23. The fraction of sp³-hybridized carbons (Fsp3) is 0.0909. The van der Waals surface area contributed by atoms with Crippen LogP contribution in [0.15, 0.2) is 73.1 Å². The lowest BCUT2D eigenvalue weighted by Crippen LogP contribution is -2.27. The number of ether oxygens (including phenoxy) is 1. The van der Waals surface area contributed by atoms with Gasteiger partial charge in [-0.15, -0.1) is 0 Å². The van der Waals surface area contributed by atoms with Crippen LogP contribution < -0.4 is 10.1 Å². The zero-order chi connectivity index (χ0) is 20.9. The van der Waals surface area contributed by atoms with Gasteiger partial charge in [0.15, 0.2) is 0 Å². The maximum atomic E-state index is 12.5. The number of thioether (sulfide) groups is 1. The summed E-state index contributed by atoms with van der Waals surface area (Å²) >= 11 is 1.01. The van der Waals surface area contributed by atoms with Crippen LogP contribution in [0.5, 0.6) is 11.5 Å². The van der Waals surface area contributed by atoms with Gasteiger partial charge >= 0.3 is 0 Å². The lowest BCUT2D eigenvalue weighted by Gasteiger charge is -2.13. The molecule has 3 amide bonds. The standard InChI is InChI=1S/C22H17N3O4S/c26-20-14-30-22(28)25(20)13-15-3-7-17(8-4-15)24-21(27)16-5-9-18(10-6-16)29-19-2-1-11-23-12-19/h1-12H,13-14H2,(H,24,27). The average Bonchev–Trinajstić information content (AvgIpc) is 3.08. The quantitative estimate of drug-likeness (QED) is 0.640. The number of hydrogen-bond acceptors (Lipinski definition) is 6. The van der Waals surface area contributed by atoms with E-state index in [-0.39, 0.29) is 29.4 Å². The van der Waals surface area contributed by atoms with Gasteiger partial charge in [-0.25, -0.2) is 0 Å². The molecular formula is C22H17N3O4S. The fourth-order valence-electron chi connectivity index (χ4n) is 2.83. The first-order valence-electron chi connectivity index (χ1n) is 9.14. The molecule has 1 fully saturated rings. The third-order valence-electron chi connectivity index (χ3n) is 4.38. The van der Waals surface area contributed by atoms with Gasteiger partial charge < -0.3 is 10.1 Å². The van der Waals surface area contributed by atoms with Crippen molar-refractivity contribution in [1.82, 2.24) is 9.88 Å². The van der Waals surface area contributed by atoms with Crippen LogP contribution in [0.2, 0.25) is 0 Å². The van der Waals surface area contributed by atoms with Crippen LogP contribution in [0, 0.1) is 0 Å². The second kappa shape index (κ2) is 8.79. The van der Waals surface area contributed by atoms with Crippen LogP contribution in [-0.4, -0.2) is 32.7 Å². The first-order valence-corrected chi connectivity index (χ1v) is 10.1. The van der Waals surface area contributed by atoms with Crippen LogP contribution in [0.25, 0.3) is 0 Å². The van der Waals surface area contributed by atoms with E-state index in [1.165, 1.54) is 4.90 Å². The normalized spacial score (nSPS) is 13.4. The van der Waals surface area contributed by atoms with E-state index in [4.69, 9.17) is 4.74 Å². The Balaban J connectivity index is 1.35. The molecule has 3 aromatic rings. The summed E-state index contributed by atoms with van der Waals surface area (Å²) in [6, 6.07) is 17.4. The van der Waals surface area contributed by atoms with E-state index >= 15 is 0 Å². The van der Waals surface area contributed by atoms with Crippen LogP contribution >= 0.6 is 11.8 Å². The van der Waals surface area contributed by atoms with Crippen molar-refractivity contribution in [3.05, 3.63) is 84.2 Å². The van der Waals surface area contributed by atoms with Gasteiger partial charge in [0.25, 0.3) is 11.1 Å². The third-order valence-corrected chi connectivity index (χ3v) is 5.24. The molecule has 2 aromatic carbocycles. The van der Waals surface area contributed by atoms with Crippen molar-refractivity contribution >= 4 is 34.5 Å². The van der Waals surface area contributed by atoms with Gasteiger partial charge in [-0.2, -0.15) is 0 Å². The molecular weight excluding hydrogens is 402 g/mol. The SMILES string of the molecule is O=C(Nc1ccc(CN2C(=O)CSC2=O)cc1)c1ccc(Oc2cccnc2)cc1. The van der Waals surface area contributed by atoms with Crippen molar-refractivity contribution in [2.24, 2.45) is 0 Å². The van der Waals surface area contributed by atoms with E-state index in [1.54, 1.807) is 73.1 Å². The molecule has 0 spiro atoms. The van der Waals surface area contributed by atoms with Gasteiger partial charge in [0.2, 0.25) is 5.91 Å². The van der Waals surface area contributed by atoms with Gasteiger partial charge in [-0.05, 0) is 54.1 Å². The van der Waals surface area contributed by atoms with E-state index in [2.05, 4.69) is 10.3 Å². The van der Waals surface area contributed by atoms with Crippen molar-refractivity contribution in [3.63, 3.8) is 0 Å². The molecule has 0 saturated carbocycles. The Hall–Kier alpha value is -3.65. The highest BCUT2D eigenvalue weighted by molar-refractivity contribution is 8.14. The number of benzene rings is 2. The van der Waals surface area contributed by atoms with Crippen molar-refractivity contribution in [2.45, 2.75) is 6.54 Å². The van der Waals surface area contributed by atoms with Crippen molar-refractivity contribution in [2.75, 3.05) is 11.1 Å². The summed E-state index contributed by atoms with van der Waals surface area (Å²) < 4.78 is 5.67. The van der Waals surface area contributed by atoms with E-state index in [9.17, 15) is 14.4 Å². The maximum absolute atomic E-state index is 12.5. The number of imide groups is 1. The molecule has 7 nitrogen and oxygen atoms in total. The predicted molar refractivity (Wildman–Crippen MR) is 114 cm³/mol. The van der Waals surface area contributed by atoms with E-state index in [0.717, 1.165) is 17.3 Å². The highest BCUT2D eigenvalue weighted by Gasteiger charge is 2.29. The molecule has 1 aliphatic heterocycles. The summed E-state index contributed by atoms with van der Waals surface area (Å²) in [4.78, 5) is 41.1. The molecule has 30 heavy (non-hydrogen) atoms. The molecule has 1 aliphatic rings. The first kappa shape index (κ1) is 19.7. The summed E-state index contributed by atoms with van der Waals surface area (Å²) in [7, 11) is 0. The molecule has 4 rings (SSSR count). The number of carbonyl (C=O) groups excluding carboxylic acids is 3. The largest absolute Gasteiger partial charge is 0.456 e. The molecule has 1 N–H and O–H groups in total. The lowest BCUT2D eigenvalue weighted by molar-refractivity contribution is -0.125. The third kappa shape index (κ3) is 4.66. The zero-order valence-electron chi connectivity index (χ0n) is 15.8. The number of amides is 3. The van der Waals surface area contributed by atoms with Gasteiger partial charge in [-0.1, -0.05) is 23.9 Å². The number of anilines is 1. The molecule has 150 valence electrons. The average molecular weight is 419 g/mol. The lowest BCUT2D eigenvalue weighted by atomic mass is 10.1. The minimum atomic E-state index is -0.253. The van der Waals surface area contributed by atoms with Crippen molar-refractivity contribution in [3.8, 4) is 11.5 Å². The monoisotopic (exact) mass is 419 g/mol. The number of hydrogen-bond donors (Lipinski definition) is 1. The summed E-state index contributed by atoms with van der Waals surface area (Å²) in [6.45, 7) is 0.233. The first-order chi connectivity index (χ1) is 14.6. The summed E-state index contributed by atoms with van der Waals surface area (Å²) in [6.07, 6.45) is 3.27. The Morgan fingerprint density at radius 2 is 1.80 bits per heavy atom. The summed E-state index contributed by atoms with van der Waals surface area (Å²) in [5.74, 6) is 0.980. The molecule has 0 unspecified atom stereocenters. The second-order valence-corrected chi connectivity index (χ2v) is 7.43. The molecule has 0 radical (unpaired) electrons. The van der Waals surface area contributed by atoms with Crippen LogP contribution in [0.3, 0.4) is 0 Å². The molecule has 0 atom stereocenters. The fourth-order valence-corrected chi connectivity index (χ4v) is 3.56. The minimum Gasteiger partial charge on any atom is -0.456 e. The molecule has 1 aromatic heterocycles. The van der Waals surface area contributed by atoms with Gasteiger partial charge in [0.1, 0.15) is 11.5 Å². The molecule has 8 heteroatoms. The maximum Gasteiger partial charge on any atom is 0.289 e. The molecule has 0 aliphatic carbocycles. The molecule has 1 saturated heterocycles. The smallest absolute Gasteiger partial charge is 0.289 e. The number of nitrogens with zero attached hydrogens (tertiary/aromatic N) is 2. The van der Waals surface area contributed by atoms with Gasteiger partial charge in [0.05, 0.1) is 18.5 Å². The van der Waals surface area contributed by atoms with Crippen LogP contribution in [0.4, 0.5) is 10.5 Å². The van der Waals surface area contributed by atoms with Gasteiger partial charge in [0, 0.05) is 17.4 Å². The van der Waals surface area contributed by atoms with Gasteiger partial charge in [-0.3, -0.25) is 24.3 Å². The Kier molecular flexibility index (Phi) is 5.76.